The van der Waals surface area contributed by atoms with E-state index in [0.29, 0.717) is 18.6 Å². The van der Waals surface area contributed by atoms with Crippen LogP contribution in [0.25, 0.3) is 0 Å². The van der Waals surface area contributed by atoms with Crippen LogP contribution in [-0.4, -0.2) is 50.3 Å². The zero-order chi connectivity index (χ0) is 15.6. The second-order valence-electron chi connectivity index (χ2n) is 7.22. The Morgan fingerprint density at radius 3 is 2.57 bits per heavy atom. The van der Waals surface area contributed by atoms with Crippen LogP contribution in [0.15, 0.2) is 0 Å². The third kappa shape index (κ3) is 3.78. The Morgan fingerprint density at radius 1 is 1.38 bits per heavy atom. The molecule has 0 amide bonds. The van der Waals surface area contributed by atoms with Crippen LogP contribution in [0.4, 0.5) is 0 Å². The number of hydrogen-bond donors (Lipinski definition) is 0. The lowest BCUT2D eigenvalue weighted by Crippen LogP contribution is -2.39. The fraction of sp³-hybridized carbons (Fsp3) is 0.941. The summed E-state index contributed by atoms with van der Waals surface area (Å²) in [6.07, 6.45) is 2.69. The Kier molecular flexibility index (Phi) is 5.31. The van der Waals surface area contributed by atoms with Crippen LogP contribution >= 0.6 is 0 Å². The van der Waals surface area contributed by atoms with Crippen LogP contribution in [0, 0.1) is 23.2 Å². The lowest BCUT2D eigenvalue weighted by Gasteiger charge is -2.29. The van der Waals surface area contributed by atoms with Gasteiger partial charge >= 0.3 is 5.97 Å². The van der Waals surface area contributed by atoms with Crippen molar-refractivity contribution >= 4 is 5.97 Å². The number of rotatable bonds is 9. The topological polar surface area (TPSA) is 38.8 Å². The highest BCUT2D eigenvalue weighted by Crippen LogP contribution is 2.59. The van der Waals surface area contributed by atoms with Crippen molar-refractivity contribution in [3.63, 3.8) is 0 Å². The number of nitrogens with zero attached hydrogens (tertiary/aromatic N) is 1. The van der Waals surface area contributed by atoms with Gasteiger partial charge in [-0.2, -0.15) is 0 Å². The van der Waals surface area contributed by atoms with Gasteiger partial charge in [0.25, 0.3) is 0 Å². The number of carbonyl (C=O) groups excluding carboxylic acids is 1. The molecule has 0 aromatic heterocycles. The highest BCUT2D eigenvalue weighted by atomic mass is 16.5. The molecule has 0 saturated heterocycles. The first-order valence-electron chi connectivity index (χ1n) is 8.33. The van der Waals surface area contributed by atoms with Crippen molar-refractivity contribution in [3.05, 3.63) is 0 Å². The van der Waals surface area contributed by atoms with Gasteiger partial charge in [0.05, 0.1) is 19.1 Å². The average Bonchev–Trinajstić information content (AvgIpc) is 3.31. The summed E-state index contributed by atoms with van der Waals surface area (Å²) in [4.78, 5) is 14.6. The Bertz CT molecular complexity index is 365. The normalized spacial score (nSPS) is 28.5. The third-order valence-corrected chi connectivity index (χ3v) is 5.49. The SMILES string of the molecule is CCOC(=O)C1C(CN(CCOC)C(C)C2CC2)C1(C)C. The average molecular weight is 297 g/mol. The molecule has 0 N–H and O–H groups in total. The maximum atomic E-state index is 12.1. The molecule has 0 radical (unpaired) electrons. The molecule has 2 aliphatic carbocycles. The third-order valence-electron chi connectivity index (χ3n) is 5.49. The molecule has 122 valence electrons. The molecular weight excluding hydrogens is 266 g/mol. The lowest BCUT2D eigenvalue weighted by molar-refractivity contribution is -0.145. The van der Waals surface area contributed by atoms with E-state index in [1.165, 1.54) is 12.8 Å². The summed E-state index contributed by atoms with van der Waals surface area (Å²) in [5.74, 6) is 1.30. The number of hydrogen-bond acceptors (Lipinski definition) is 4. The maximum absolute atomic E-state index is 12.1. The van der Waals surface area contributed by atoms with Crippen molar-refractivity contribution < 1.29 is 14.3 Å². The van der Waals surface area contributed by atoms with E-state index in [0.717, 1.165) is 25.6 Å². The lowest BCUT2D eigenvalue weighted by atomic mass is 10.1. The van der Waals surface area contributed by atoms with E-state index in [9.17, 15) is 4.79 Å². The zero-order valence-electron chi connectivity index (χ0n) is 14.2. The van der Waals surface area contributed by atoms with Gasteiger partial charge < -0.3 is 9.47 Å². The second kappa shape index (κ2) is 6.66. The molecule has 3 unspecified atom stereocenters. The summed E-state index contributed by atoms with van der Waals surface area (Å²) in [5, 5.41) is 0. The van der Waals surface area contributed by atoms with Crippen molar-refractivity contribution in [2.75, 3.05) is 33.4 Å². The number of methoxy groups -OCH3 is 1. The molecule has 2 rings (SSSR count). The molecular formula is C17H31NO3. The smallest absolute Gasteiger partial charge is 0.309 e. The Hall–Kier alpha value is -0.610. The minimum Gasteiger partial charge on any atom is -0.466 e. The van der Waals surface area contributed by atoms with Gasteiger partial charge in [-0.3, -0.25) is 9.69 Å². The highest BCUT2D eigenvalue weighted by Gasteiger charge is 2.62. The fourth-order valence-corrected chi connectivity index (χ4v) is 3.58. The monoisotopic (exact) mass is 297 g/mol. The Balaban J connectivity index is 1.94. The van der Waals surface area contributed by atoms with Gasteiger partial charge in [-0.15, -0.1) is 0 Å². The molecule has 2 aliphatic rings. The van der Waals surface area contributed by atoms with E-state index >= 15 is 0 Å². The highest BCUT2D eigenvalue weighted by molar-refractivity contribution is 5.77. The van der Waals surface area contributed by atoms with E-state index in [4.69, 9.17) is 9.47 Å². The molecule has 4 heteroatoms. The standard InChI is InChI=1S/C17H31NO3/c1-6-21-16(19)15-14(17(15,3)4)11-18(9-10-20-5)12(2)13-7-8-13/h12-15H,6-11H2,1-5H3. The van der Waals surface area contributed by atoms with Crippen LogP contribution in [0.1, 0.15) is 40.5 Å². The van der Waals surface area contributed by atoms with Crippen molar-refractivity contribution in [2.45, 2.75) is 46.6 Å². The first kappa shape index (κ1) is 16.8. The van der Waals surface area contributed by atoms with Gasteiger partial charge in [-0.05, 0) is 43.9 Å². The first-order chi connectivity index (χ1) is 9.93. The molecule has 21 heavy (non-hydrogen) atoms. The summed E-state index contributed by atoms with van der Waals surface area (Å²) in [6.45, 7) is 11.8. The fourth-order valence-electron chi connectivity index (χ4n) is 3.58. The molecule has 0 bridgehead atoms. The zero-order valence-corrected chi connectivity index (χ0v) is 14.2. The Morgan fingerprint density at radius 2 is 2.05 bits per heavy atom. The molecule has 0 aromatic rings. The van der Waals surface area contributed by atoms with Crippen molar-refractivity contribution in [2.24, 2.45) is 23.2 Å². The molecule has 0 heterocycles. The minimum atomic E-state index is -0.0155. The van der Waals surface area contributed by atoms with Crippen LogP contribution in [0.2, 0.25) is 0 Å². The second-order valence-corrected chi connectivity index (χ2v) is 7.22. The largest absolute Gasteiger partial charge is 0.466 e. The molecule has 0 aromatic carbocycles. The first-order valence-corrected chi connectivity index (χ1v) is 8.33. The minimum absolute atomic E-state index is 0.0155. The number of carbonyl (C=O) groups is 1. The van der Waals surface area contributed by atoms with Crippen LogP contribution in [-0.2, 0) is 14.3 Å². The van der Waals surface area contributed by atoms with E-state index in [-0.39, 0.29) is 17.3 Å². The molecule has 0 aliphatic heterocycles. The molecule has 2 saturated carbocycles. The predicted octanol–water partition coefficient (Wildman–Crippen LogP) is 2.57. The van der Waals surface area contributed by atoms with Gasteiger partial charge in [0.1, 0.15) is 0 Å². The molecule has 3 atom stereocenters. The summed E-state index contributed by atoms with van der Waals surface area (Å²) < 4.78 is 10.5. The number of esters is 1. The van der Waals surface area contributed by atoms with Gasteiger partial charge in [-0.1, -0.05) is 13.8 Å². The van der Waals surface area contributed by atoms with Crippen LogP contribution in [0.3, 0.4) is 0 Å². The van der Waals surface area contributed by atoms with E-state index in [1.54, 1.807) is 7.11 Å². The predicted molar refractivity (Wildman–Crippen MR) is 83.0 cm³/mol. The van der Waals surface area contributed by atoms with Crippen molar-refractivity contribution in [1.82, 2.24) is 4.90 Å². The van der Waals surface area contributed by atoms with Crippen LogP contribution in [0.5, 0.6) is 0 Å². The van der Waals surface area contributed by atoms with Gasteiger partial charge in [0.2, 0.25) is 0 Å². The summed E-state index contributed by atoms with van der Waals surface area (Å²) in [6, 6.07) is 0.597. The number of ether oxygens (including phenoxy) is 2. The van der Waals surface area contributed by atoms with E-state index < -0.39 is 0 Å². The van der Waals surface area contributed by atoms with Gasteiger partial charge in [0, 0.05) is 26.2 Å². The summed E-state index contributed by atoms with van der Waals surface area (Å²) in [5.41, 5.74) is 0.0703. The van der Waals surface area contributed by atoms with Crippen molar-refractivity contribution in [1.29, 1.82) is 0 Å². The summed E-state index contributed by atoms with van der Waals surface area (Å²) >= 11 is 0. The molecule has 4 nitrogen and oxygen atoms in total. The quantitative estimate of drug-likeness (QED) is 0.613. The van der Waals surface area contributed by atoms with E-state index in [1.807, 2.05) is 6.92 Å². The van der Waals surface area contributed by atoms with Crippen molar-refractivity contribution in [3.8, 4) is 0 Å². The van der Waals surface area contributed by atoms with Gasteiger partial charge in [-0.25, -0.2) is 0 Å². The molecule has 0 spiro atoms. The van der Waals surface area contributed by atoms with E-state index in [2.05, 4.69) is 25.7 Å². The van der Waals surface area contributed by atoms with Gasteiger partial charge in [0.15, 0.2) is 0 Å². The summed E-state index contributed by atoms with van der Waals surface area (Å²) in [7, 11) is 1.75. The van der Waals surface area contributed by atoms with Crippen LogP contribution < -0.4 is 0 Å². The molecule has 2 fully saturated rings. The maximum Gasteiger partial charge on any atom is 0.309 e. The Labute approximate surface area is 129 Å².